The second kappa shape index (κ2) is 6.03. The van der Waals surface area contributed by atoms with Gasteiger partial charge in [0.05, 0.1) is 5.56 Å². The van der Waals surface area contributed by atoms with Crippen LogP contribution in [0.4, 0.5) is 0 Å². The monoisotopic (exact) mass is 253 g/mol. The van der Waals surface area contributed by atoms with Crippen molar-refractivity contribution in [2.45, 2.75) is 12.8 Å². The normalized spacial score (nSPS) is 16.1. The summed E-state index contributed by atoms with van der Waals surface area (Å²) < 4.78 is 5.61. The van der Waals surface area contributed by atoms with E-state index in [1.54, 1.807) is 18.2 Å². The summed E-state index contributed by atoms with van der Waals surface area (Å²) in [6.07, 6.45) is 3.33. The molecule has 1 heterocycles. The molecule has 1 fully saturated rings. The highest BCUT2D eigenvalue weighted by atomic mass is 35.5. The van der Waals surface area contributed by atoms with Gasteiger partial charge in [-0.1, -0.05) is 11.6 Å². The van der Waals surface area contributed by atoms with Crippen molar-refractivity contribution in [1.29, 1.82) is 0 Å². The van der Waals surface area contributed by atoms with Crippen LogP contribution in [0.1, 0.15) is 23.2 Å². The molecular weight excluding hydrogens is 238 g/mol. The molecule has 0 aromatic heterocycles. The molecule has 0 amide bonds. The van der Waals surface area contributed by atoms with Gasteiger partial charge in [-0.05, 0) is 44.1 Å². The van der Waals surface area contributed by atoms with Crippen LogP contribution in [0.15, 0.2) is 18.2 Å². The third kappa shape index (κ3) is 3.45. The van der Waals surface area contributed by atoms with Crippen LogP contribution in [0, 0.1) is 0 Å². The lowest BCUT2D eigenvalue weighted by molar-refractivity contribution is 0.111. The van der Waals surface area contributed by atoms with E-state index in [2.05, 4.69) is 4.90 Å². The number of carbonyl (C=O) groups excluding carboxylic acids is 1. The molecule has 0 spiro atoms. The van der Waals surface area contributed by atoms with Gasteiger partial charge in [0.25, 0.3) is 0 Å². The van der Waals surface area contributed by atoms with Gasteiger partial charge in [0, 0.05) is 11.6 Å². The highest BCUT2D eigenvalue weighted by molar-refractivity contribution is 6.30. The number of benzene rings is 1. The minimum Gasteiger partial charge on any atom is -0.492 e. The Labute approximate surface area is 106 Å². The Bertz CT molecular complexity index is 389. The molecule has 0 atom stereocenters. The number of aldehydes is 1. The SMILES string of the molecule is O=Cc1cc(Cl)ccc1OCCN1CCCC1. The van der Waals surface area contributed by atoms with Crippen molar-refractivity contribution in [3.05, 3.63) is 28.8 Å². The molecule has 1 aromatic rings. The highest BCUT2D eigenvalue weighted by Gasteiger charge is 2.11. The second-order valence-electron chi connectivity index (χ2n) is 4.20. The van der Waals surface area contributed by atoms with E-state index in [0.29, 0.717) is 22.9 Å². The molecule has 0 aliphatic carbocycles. The van der Waals surface area contributed by atoms with Crippen molar-refractivity contribution < 1.29 is 9.53 Å². The largest absolute Gasteiger partial charge is 0.492 e. The Morgan fingerprint density at radius 3 is 2.82 bits per heavy atom. The van der Waals surface area contributed by atoms with Crippen LogP contribution < -0.4 is 4.74 Å². The maximum Gasteiger partial charge on any atom is 0.153 e. The highest BCUT2D eigenvalue weighted by Crippen LogP contribution is 2.21. The van der Waals surface area contributed by atoms with Gasteiger partial charge in [-0.3, -0.25) is 9.69 Å². The van der Waals surface area contributed by atoms with Crippen LogP contribution in [-0.4, -0.2) is 37.4 Å². The fourth-order valence-electron chi connectivity index (χ4n) is 2.03. The molecular formula is C13H16ClNO2. The minimum absolute atomic E-state index is 0.513. The van der Waals surface area contributed by atoms with Crippen LogP contribution in [-0.2, 0) is 0 Å². The fourth-order valence-corrected chi connectivity index (χ4v) is 2.21. The van der Waals surface area contributed by atoms with Gasteiger partial charge < -0.3 is 4.74 Å². The first-order chi connectivity index (χ1) is 8.29. The Balaban J connectivity index is 1.87. The van der Waals surface area contributed by atoms with Gasteiger partial charge in [-0.2, -0.15) is 0 Å². The predicted molar refractivity (Wildman–Crippen MR) is 68.0 cm³/mol. The lowest BCUT2D eigenvalue weighted by Crippen LogP contribution is -2.25. The van der Waals surface area contributed by atoms with E-state index in [1.165, 1.54) is 12.8 Å². The summed E-state index contributed by atoms with van der Waals surface area (Å²) in [6, 6.07) is 5.11. The van der Waals surface area contributed by atoms with Crippen molar-refractivity contribution in [3.8, 4) is 5.75 Å². The molecule has 2 rings (SSSR count). The molecule has 17 heavy (non-hydrogen) atoms. The molecule has 0 radical (unpaired) electrons. The number of rotatable bonds is 5. The van der Waals surface area contributed by atoms with E-state index in [1.807, 2.05) is 0 Å². The standard InChI is InChI=1S/C13H16ClNO2/c14-12-3-4-13(11(9-12)10-16)17-8-7-15-5-1-2-6-15/h3-4,9-10H,1-2,5-8H2. The molecule has 1 aliphatic rings. The number of hydrogen-bond donors (Lipinski definition) is 0. The van der Waals surface area contributed by atoms with E-state index < -0.39 is 0 Å². The molecule has 1 aromatic carbocycles. The Morgan fingerprint density at radius 1 is 1.35 bits per heavy atom. The van der Waals surface area contributed by atoms with E-state index >= 15 is 0 Å². The van der Waals surface area contributed by atoms with Crippen molar-refractivity contribution in [3.63, 3.8) is 0 Å². The van der Waals surface area contributed by atoms with E-state index in [-0.39, 0.29) is 0 Å². The fraction of sp³-hybridized carbons (Fsp3) is 0.462. The molecule has 1 aliphatic heterocycles. The van der Waals surface area contributed by atoms with Gasteiger partial charge >= 0.3 is 0 Å². The summed E-state index contributed by atoms with van der Waals surface area (Å²) in [4.78, 5) is 13.2. The zero-order valence-corrected chi connectivity index (χ0v) is 10.4. The molecule has 0 N–H and O–H groups in total. The number of likely N-dealkylation sites (tertiary alicyclic amines) is 1. The van der Waals surface area contributed by atoms with Gasteiger partial charge in [-0.25, -0.2) is 0 Å². The zero-order valence-electron chi connectivity index (χ0n) is 9.69. The Hall–Kier alpha value is -1.06. The van der Waals surface area contributed by atoms with Crippen LogP contribution >= 0.6 is 11.6 Å². The third-order valence-corrected chi connectivity index (χ3v) is 3.20. The summed E-state index contributed by atoms with van der Waals surface area (Å²) in [5.74, 6) is 0.614. The summed E-state index contributed by atoms with van der Waals surface area (Å²) >= 11 is 5.81. The quantitative estimate of drug-likeness (QED) is 0.756. The molecule has 0 saturated carbocycles. The molecule has 3 nitrogen and oxygen atoms in total. The maximum atomic E-state index is 10.8. The van der Waals surface area contributed by atoms with Crippen LogP contribution in [0.2, 0.25) is 5.02 Å². The first-order valence-corrected chi connectivity index (χ1v) is 6.27. The summed E-state index contributed by atoms with van der Waals surface area (Å²) in [7, 11) is 0. The van der Waals surface area contributed by atoms with Crippen LogP contribution in [0.25, 0.3) is 0 Å². The van der Waals surface area contributed by atoms with Gasteiger partial charge in [-0.15, -0.1) is 0 Å². The van der Waals surface area contributed by atoms with Crippen molar-refractivity contribution in [2.75, 3.05) is 26.2 Å². The average molecular weight is 254 g/mol. The Morgan fingerprint density at radius 2 is 2.12 bits per heavy atom. The molecule has 0 unspecified atom stereocenters. The van der Waals surface area contributed by atoms with Crippen LogP contribution in [0.3, 0.4) is 0 Å². The third-order valence-electron chi connectivity index (χ3n) is 2.96. The maximum absolute atomic E-state index is 10.8. The smallest absolute Gasteiger partial charge is 0.153 e. The number of ether oxygens (including phenoxy) is 1. The average Bonchev–Trinajstić information content (AvgIpc) is 2.84. The van der Waals surface area contributed by atoms with Crippen molar-refractivity contribution in [2.24, 2.45) is 0 Å². The molecule has 0 bridgehead atoms. The predicted octanol–water partition coefficient (Wildman–Crippen LogP) is 2.63. The van der Waals surface area contributed by atoms with Crippen molar-refractivity contribution >= 4 is 17.9 Å². The summed E-state index contributed by atoms with van der Waals surface area (Å²) in [5, 5.41) is 0.555. The zero-order chi connectivity index (χ0) is 12.1. The van der Waals surface area contributed by atoms with Crippen LogP contribution in [0.5, 0.6) is 5.75 Å². The number of halogens is 1. The summed E-state index contributed by atoms with van der Waals surface area (Å²) in [5.41, 5.74) is 0.513. The van der Waals surface area contributed by atoms with Gasteiger partial charge in [0.1, 0.15) is 12.4 Å². The minimum atomic E-state index is 0.513. The summed E-state index contributed by atoms with van der Waals surface area (Å²) in [6.45, 7) is 3.85. The molecule has 1 saturated heterocycles. The second-order valence-corrected chi connectivity index (χ2v) is 4.63. The van der Waals surface area contributed by atoms with Gasteiger partial charge in [0.2, 0.25) is 0 Å². The molecule has 4 heteroatoms. The lowest BCUT2D eigenvalue weighted by Gasteiger charge is -2.15. The number of carbonyl (C=O) groups is 1. The Kier molecular flexibility index (Phi) is 4.40. The molecule has 92 valence electrons. The van der Waals surface area contributed by atoms with E-state index in [9.17, 15) is 4.79 Å². The number of hydrogen-bond acceptors (Lipinski definition) is 3. The van der Waals surface area contributed by atoms with E-state index in [0.717, 1.165) is 25.9 Å². The number of nitrogens with zero attached hydrogens (tertiary/aromatic N) is 1. The lowest BCUT2D eigenvalue weighted by atomic mass is 10.2. The first-order valence-electron chi connectivity index (χ1n) is 5.89. The van der Waals surface area contributed by atoms with Crippen molar-refractivity contribution in [1.82, 2.24) is 4.90 Å². The topological polar surface area (TPSA) is 29.5 Å². The first kappa shape index (κ1) is 12.4. The van der Waals surface area contributed by atoms with E-state index in [4.69, 9.17) is 16.3 Å². The van der Waals surface area contributed by atoms with Gasteiger partial charge in [0.15, 0.2) is 6.29 Å².